The van der Waals surface area contributed by atoms with Gasteiger partial charge in [-0.15, -0.1) is 0 Å². The number of halogens is 1. The highest BCUT2D eigenvalue weighted by Gasteiger charge is 2.33. The fourth-order valence-corrected chi connectivity index (χ4v) is 6.77. The van der Waals surface area contributed by atoms with Crippen LogP contribution in [0.3, 0.4) is 0 Å². The van der Waals surface area contributed by atoms with Crippen LogP contribution < -0.4 is 14.4 Å². The van der Waals surface area contributed by atoms with E-state index < -0.39 is 28.5 Å². The molecule has 224 valence electrons. The molecule has 1 aliphatic carbocycles. The zero-order valence-electron chi connectivity index (χ0n) is 24.3. The van der Waals surface area contributed by atoms with Crippen molar-refractivity contribution >= 4 is 39.1 Å². The Morgan fingerprint density at radius 3 is 2.24 bits per heavy atom. The molecule has 0 radical (unpaired) electrons. The number of anilines is 1. The first-order chi connectivity index (χ1) is 20.1. The van der Waals surface area contributed by atoms with Crippen LogP contribution in [-0.4, -0.2) is 50.9 Å². The van der Waals surface area contributed by atoms with Crippen molar-refractivity contribution in [2.45, 2.75) is 69.5 Å². The van der Waals surface area contributed by atoms with Crippen LogP contribution in [-0.2, 0) is 26.2 Å². The monoisotopic (exact) mass is 611 g/mol. The summed E-state index contributed by atoms with van der Waals surface area (Å²) in [5.74, 6) is -0.0934. The van der Waals surface area contributed by atoms with Crippen LogP contribution in [0.2, 0.25) is 5.02 Å². The number of methoxy groups -OCH3 is 1. The van der Waals surface area contributed by atoms with E-state index in [-0.39, 0.29) is 23.4 Å². The molecule has 10 heteroatoms. The number of sulfonamides is 1. The number of aryl methyl sites for hydroxylation is 1. The summed E-state index contributed by atoms with van der Waals surface area (Å²) in [6, 6.07) is 19.3. The average molecular weight is 612 g/mol. The van der Waals surface area contributed by atoms with Gasteiger partial charge in [-0.2, -0.15) is 0 Å². The summed E-state index contributed by atoms with van der Waals surface area (Å²) in [5, 5.41) is 3.52. The number of amides is 2. The second kappa shape index (κ2) is 14.1. The minimum Gasteiger partial charge on any atom is -0.497 e. The third-order valence-electron chi connectivity index (χ3n) is 7.70. The topological polar surface area (TPSA) is 96.0 Å². The van der Waals surface area contributed by atoms with E-state index in [0.717, 1.165) is 42.0 Å². The number of carbonyl (C=O) groups is 2. The van der Waals surface area contributed by atoms with Crippen molar-refractivity contribution in [1.29, 1.82) is 0 Å². The van der Waals surface area contributed by atoms with Crippen LogP contribution in [0.15, 0.2) is 77.7 Å². The Morgan fingerprint density at radius 1 is 0.976 bits per heavy atom. The number of hydrogen-bond donors (Lipinski definition) is 1. The van der Waals surface area contributed by atoms with Crippen LogP contribution in [0.4, 0.5) is 5.69 Å². The van der Waals surface area contributed by atoms with Gasteiger partial charge in [0.25, 0.3) is 10.0 Å². The molecule has 0 bridgehead atoms. The third kappa shape index (κ3) is 7.63. The first-order valence-electron chi connectivity index (χ1n) is 14.2. The minimum absolute atomic E-state index is 0.00717. The molecule has 1 aliphatic rings. The van der Waals surface area contributed by atoms with Crippen molar-refractivity contribution in [1.82, 2.24) is 10.2 Å². The lowest BCUT2D eigenvalue weighted by Gasteiger charge is -2.33. The van der Waals surface area contributed by atoms with Crippen LogP contribution in [0, 0.1) is 6.92 Å². The molecule has 1 saturated carbocycles. The van der Waals surface area contributed by atoms with Crippen molar-refractivity contribution in [2.75, 3.05) is 18.0 Å². The summed E-state index contributed by atoms with van der Waals surface area (Å²) in [6.45, 7) is 3.10. The van der Waals surface area contributed by atoms with Gasteiger partial charge in [-0.3, -0.25) is 13.9 Å². The van der Waals surface area contributed by atoms with Crippen molar-refractivity contribution in [3.63, 3.8) is 0 Å². The molecular weight excluding hydrogens is 574 g/mol. The average Bonchev–Trinajstić information content (AvgIpc) is 2.99. The highest BCUT2D eigenvalue weighted by molar-refractivity contribution is 7.92. The predicted octanol–water partition coefficient (Wildman–Crippen LogP) is 5.72. The van der Waals surface area contributed by atoms with Gasteiger partial charge in [0, 0.05) is 17.6 Å². The number of rotatable bonds is 11. The Bertz CT molecular complexity index is 1470. The molecule has 0 spiro atoms. The summed E-state index contributed by atoms with van der Waals surface area (Å²) < 4.78 is 34.3. The number of nitrogens with zero attached hydrogens (tertiary/aromatic N) is 2. The van der Waals surface area contributed by atoms with Crippen LogP contribution in [0.5, 0.6) is 5.75 Å². The van der Waals surface area contributed by atoms with Crippen molar-refractivity contribution in [3.05, 3.63) is 88.9 Å². The van der Waals surface area contributed by atoms with Gasteiger partial charge in [0.05, 0.1) is 17.7 Å². The number of benzene rings is 3. The lowest BCUT2D eigenvalue weighted by Crippen LogP contribution is -2.53. The van der Waals surface area contributed by atoms with E-state index >= 15 is 0 Å². The highest BCUT2D eigenvalue weighted by atomic mass is 35.5. The van der Waals surface area contributed by atoms with E-state index in [1.54, 1.807) is 57.4 Å². The summed E-state index contributed by atoms with van der Waals surface area (Å²) in [7, 11) is -2.59. The van der Waals surface area contributed by atoms with Crippen LogP contribution in [0.25, 0.3) is 0 Å². The lowest BCUT2D eigenvalue weighted by molar-refractivity contribution is -0.139. The SMILES string of the molecule is COc1ccc(CN(C(=O)CN(c2ccccc2C)S(=O)(=O)c2ccc(Cl)cc2)[C@H](C)C(=O)NC2CCCCC2)cc1. The van der Waals surface area contributed by atoms with Crippen molar-refractivity contribution < 1.29 is 22.7 Å². The number of carbonyl (C=O) groups excluding carboxylic acids is 2. The Hall–Kier alpha value is -3.56. The number of nitrogens with one attached hydrogen (secondary N) is 1. The van der Waals surface area contributed by atoms with Gasteiger partial charge in [-0.05, 0) is 80.3 Å². The molecule has 0 unspecified atom stereocenters. The molecule has 1 N–H and O–H groups in total. The number of ether oxygens (including phenoxy) is 1. The Labute approximate surface area is 253 Å². The zero-order valence-corrected chi connectivity index (χ0v) is 25.8. The van der Waals surface area contributed by atoms with Gasteiger partial charge in [0.15, 0.2) is 0 Å². The molecule has 4 rings (SSSR count). The fourth-order valence-electron chi connectivity index (χ4n) is 5.17. The molecule has 1 atom stereocenters. The van der Waals surface area contributed by atoms with Gasteiger partial charge < -0.3 is 15.0 Å². The second-order valence-electron chi connectivity index (χ2n) is 10.6. The third-order valence-corrected chi connectivity index (χ3v) is 9.72. The minimum atomic E-state index is -4.16. The Morgan fingerprint density at radius 2 is 1.62 bits per heavy atom. The zero-order chi connectivity index (χ0) is 30.3. The number of hydrogen-bond acceptors (Lipinski definition) is 5. The largest absolute Gasteiger partial charge is 0.497 e. The fraction of sp³-hybridized carbons (Fsp3) is 0.375. The molecular formula is C32H38ClN3O5S. The summed E-state index contributed by atoms with van der Waals surface area (Å²) in [5.41, 5.74) is 1.85. The summed E-state index contributed by atoms with van der Waals surface area (Å²) >= 11 is 6.02. The molecule has 8 nitrogen and oxygen atoms in total. The van der Waals surface area contributed by atoms with E-state index in [2.05, 4.69) is 5.32 Å². The first-order valence-corrected chi connectivity index (χ1v) is 16.0. The quantitative estimate of drug-likeness (QED) is 0.299. The number of para-hydroxylation sites is 1. The van der Waals surface area contributed by atoms with Crippen molar-refractivity contribution in [2.24, 2.45) is 0 Å². The molecule has 2 amide bonds. The standard InChI is InChI=1S/C32H38ClN3O5S/c1-23-9-7-8-12-30(23)36(42(39,40)29-19-15-26(33)16-20-29)22-31(37)35(21-25-13-17-28(41-3)18-14-25)24(2)32(38)34-27-10-5-4-6-11-27/h7-9,12-20,24,27H,4-6,10-11,21-22H2,1-3H3,(H,34,38)/t24-/m1/s1. The Kier molecular flexibility index (Phi) is 10.5. The van der Waals surface area contributed by atoms with Gasteiger partial charge in [0.2, 0.25) is 11.8 Å². The van der Waals surface area contributed by atoms with E-state index in [1.165, 1.54) is 29.2 Å². The maximum atomic E-state index is 14.1. The highest BCUT2D eigenvalue weighted by Crippen LogP contribution is 2.28. The summed E-state index contributed by atoms with van der Waals surface area (Å²) in [6.07, 6.45) is 5.08. The normalized spacial score (nSPS) is 14.6. The molecule has 0 heterocycles. The molecule has 1 fully saturated rings. The second-order valence-corrected chi connectivity index (χ2v) is 12.9. The Balaban J connectivity index is 1.68. The van der Waals surface area contributed by atoms with Gasteiger partial charge in [-0.1, -0.05) is 61.2 Å². The molecule has 3 aromatic carbocycles. The van der Waals surface area contributed by atoms with Gasteiger partial charge >= 0.3 is 0 Å². The molecule has 42 heavy (non-hydrogen) atoms. The maximum Gasteiger partial charge on any atom is 0.264 e. The lowest BCUT2D eigenvalue weighted by atomic mass is 9.95. The van der Waals surface area contributed by atoms with Crippen LogP contribution >= 0.6 is 11.6 Å². The van der Waals surface area contributed by atoms with E-state index in [9.17, 15) is 18.0 Å². The van der Waals surface area contributed by atoms with E-state index in [4.69, 9.17) is 16.3 Å². The molecule has 3 aromatic rings. The predicted molar refractivity (Wildman–Crippen MR) is 165 cm³/mol. The molecule has 0 saturated heterocycles. The van der Waals surface area contributed by atoms with Crippen molar-refractivity contribution in [3.8, 4) is 5.75 Å². The van der Waals surface area contributed by atoms with Gasteiger partial charge in [-0.25, -0.2) is 8.42 Å². The first kappa shape index (κ1) is 31.4. The molecule has 0 aliphatic heterocycles. The van der Waals surface area contributed by atoms with E-state index in [0.29, 0.717) is 22.0 Å². The summed E-state index contributed by atoms with van der Waals surface area (Å²) in [4.78, 5) is 29.0. The van der Waals surface area contributed by atoms with Crippen LogP contribution in [0.1, 0.15) is 50.2 Å². The van der Waals surface area contributed by atoms with Gasteiger partial charge in [0.1, 0.15) is 18.3 Å². The smallest absolute Gasteiger partial charge is 0.264 e. The molecule has 0 aromatic heterocycles. The maximum absolute atomic E-state index is 14.1. The van der Waals surface area contributed by atoms with E-state index in [1.807, 2.05) is 12.1 Å².